The van der Waals surface area contributed by atoms with Crippen molar-refractivity contribution < 1.29 is 14.7 Å². The Balaban J connectivity index is 2.71. The summed E-state index contributed by atoms with van der Waals surface area (Å²) in [4.78, 5) is 23.2. The maximum absolute atomic E-state index is 11.2. The second kappa shape index (κ2) is 3.71. The maximum Gasteiger partial charge on any atom is 0.240 e. The third kappa shape index (κ3) is 1.96. The number of carbonyl (C=O) groups is 2. The minimum atomic E-state index is -0.703. The predicted octanol–water partition coefficient (Wildman–Crippen LogP) is -2.61. The molecule has 0 unspecified atom stereocenters. The zero-order valence-corrected chi connectivity index (χ0v) is 7.14. The Kier molecular flexibility index (Phi) is 2.84. The number of β-amino-alcohol motifs (C(OH)–C–C–N with tert-alkyl or cyclic N) is 1. The molecule has 1 heterocycles. The van der Waals surface area contributed by atoms with Crippen molar-refractivity contribution in [1.82, 2.24) is 4.90 Å². The Hall–Kier alpha value is -1.14. The van der Waals surface area contributed by atoms with Gasteiger partial charge in [0, 0.05) is 13.0 Å². The Bertz CT molecular complexity index is 231. The molecule has 0 aliphatic carbocycles. The summed E-state index contributed by atoms with van der Waals surface area (Å²) in [7, 11) is 0. The zero-order valence-electron chi connectivity index (χ0n) is 7.14. The third-order valence-corrected chi connectivity index (χ3v) is 2.10. The lowest BCUT2D eigenvalue weighted by atomic mass is 10.2. The number of nitrogens with zero attached hydrogens (tertiary/aromatic N) is 1. The normalized spacial score (nSPS) is 27.7. The van der Waals surface area contributed by atoms with Gasteiger partial charge in [-0.2, -0.15) is 0 Å². The van der Waals surface area contributed by atoms with Gasteiger partial charge in [0.1, 0.15) is 6.04 Å². The monoisotopic (exact) mass is 187 g/mol. The number of likely N-dealkylation sites (tertiary alicyclic amines) is 1. The van der Waals surface area contributed by atoms with Gasteiger partial charge in [-0.15, -0.1) is 0 Å². The number of aliphatic hydroxyl groups is 1. The molecule has 6 nitrogen and oxygen atoms in total. The highest BCUT2D eigenvalue weighted by molar-refractivity contribution is 5.88. The average Bonchev–Trinajstić information content (AvgIpc) is 2.46. The van der Waals surface area contributed by atoms with E-state index in [2.05, 4.69) is 0 Å². The first-order valence-corrected chi connectivity index (χ1v) is 4.03. The van der Waals surface area contributed by atoms with Crippen LogP contribution in [0.5, 0.6) is 0 Å². The van der Waals surface area contributed by atoms with Gasteiger partial charge in [-0.1, -0.05) is 0 Å². The van der Waals surface area contributed by atoms with Crippen molar-refractivity contribution in [2.75, 3.05) is 13.1 Å². The molecule has 13 heavy (non-hydrogen) atoms. The molecular weight excluding hydrogens is 174 g/mol. The lowest BCUT2D eigenvalue weighted by molar-refractivity contribution is -0.136. The molecule has 1 fully saturated rings. The molecule has 2 amide bonds. The van der Waals surface area contributed by atoms with E-state index in [0.29, 0.717) is 0 Å². The van der Waals surface area contributed by atoms with Crippen molar-refractivity contribution in [3.8, 4) is 0 Å². The predicted molar refractivity (Wildman–Crippen MR) is 44.4 cm³/mol. The van der Waals surface area contributed by atoms with Crippen LogP contribution < -0.4 is 11.5 Å². The van der Waals surface area contributed by atoms with Crippen molar-refractivity contribution >= 4 is 11.8 Å². The van der Waals surface area contributed by atoms with Gasteiger partial charge in [0.15, 0.2) is 0 Å². The molecule has 0 bridgehead atoms. The lowest BCUT2D eigenvalue weighted by Gasteiger charge is -2.20. The van der Waals surface area contributed by atoms with Crippen LogP contribution in [0.2, 0.25) is 0 Å². The van der Waals surface area contributed by atoms with E-state index >= 15 is 0 Å². The summed E-state index contributed by atoms with van der Waals surface area (Å²) in [5.74, 6) is -0.960. The Morgan fingerprint density at radius 3 is 2.62 bits per heavy atom. The minimum Gasteiger partial charge on any atom is -0.391 e. The number of rotatable bonds is 2. The van der Waals surface area contributed by atoms with E-state index in [1.165, 1.54) is 4.90 Å². The van der Waals surface area contributed by atoms with Gasteiger partial charge in [-0.05, 0) is 0 Å². The Labute approximate surface area is 75.5 Å². The van der Waals surface area contributed by atoms with Gasteiger partial charge in [0.2, 0.25) is 11.8 Å². The number of hydrogen-bond acceptors (Lipinski definition) is 4. The minimum absolute atomic E-state index is 0.143. The highest BCUT2D eigenvalue weighted by atomic mass is 16.3. The third-order valence-electron chi connectivity index (χ3n) is 2.10. The first-order chi connectivity index (χ1) is 6.06. The number of carbonyl (C=O) groups excluding carboxylic acids is 2. The van der Waals surface area contributed by atoms with E-state index in [9.17, 15) is 14.7 Å². The van der Waals surface area contributed by atoms with Crippen molar-refractivity contribution in [3.05, 3.63) is 0 Å². The maximum atomic E-state index is 11.2. The van der Waals surface area contributed by atoms with Gasteiger partial charge < -0.3 is 21.5 Å². The molecule has 2 atom stereocenters. The molecule has 0 aromatic heterocycles. The van der Waals surface area contributed by atoms with Crippen LogP contribution in [0.4, 0.5) is 0 Å². The summed E-state index contributed by atoms with van der Waals surface area (Å²) in [5.41, 5.74) is 10.2. The fourth-order valence-electron chi connectivity index (χ4n) is 1.48. The van der Waals surface area contributed by atoms with Gasteiger partial charge in [0.25, 0.3) is 0 Å². The smallest absolute Gasteiger partial charge is 0.240 e. The Morgan fingerprint density at radius 2 is 2.15 bits per heavy atom. The number of aliphatic hydroxyl groups excluding tert-OH is 1. The molecule has 0 spiro atoms. The largest absolute Gasteiger partial charge is 0.391 e. The Morgan fingerprint density at radius 1 is 1.54 bits per heavy atom. The van der Waals surface area contributed by atoms with Gasteiger partial charge >= 0.3 is 0 Å². The van der Waals surface area contributed by atoms with Crippen LogP contribution in [0, 0.1) is 0 Å². The summed E-state index contributed by atoms with van der Waals surface area (Å²) in [6, 6.07) is -0.703. The molecule has 0 radical (unpaired) electrons. The zero-order chi connectivity index (χ0) is 10.0. The van der Waals surface area contributed by atoms with Crippen LogP contribution in [0.1, 0.15) is 6.42 Å². The van der Waals surface area contributed by atoms with Crippen LogP contribution in [-0.2, 0) is 9.59 Å². The molecular formula is C7H13N3O3. The number of nitrogens with two attached hydrogens (primary N) is 2. The quantitative estimate of drug-likeness (QED) is 0.440. The SMILES string of the molecule is NCC(=O)N1C[C@@H](O)C[C@H]1C(N)=O. The molecule has 1 aliphatic heterocycles. The average molecular weight is 187 g/mol. The standard InChI is InChI=1S/C7H13N3O3/c8-2-6(12)10-3-4(11)1-5(10)7(9)13/h4-5,11H,1-3,8H2,(H2,9,13)/t4-,5-/m0/s1. The summed E-state index contributed by atoms with van der Waals surface area (Å²) in [6.45, 7) is -0.0276. The fourth-order valence-corrected chi connectivity index (χ4v) is 1.48. The number of amides is 2. The molecule has 74 valence electrons. The van der Waals surface area contributed by atoms with Crippen molar-refractivity contribution in [2.24, 2.45) is 11.5 Å². The highest BCUT2D eigenvalue weighted by Crippen LogP contribution is 2.17. The highest BCUT2D eigenvalue weighted by Gasteiger charge is 2.36. The topological polar surface area (TPSA) is 110 Å². The molecule has 5 N–H and O–H groups in total. The van der Waals surface area contributed by atoms with Crippen LogP contribution in [0.25, 0.3) is 0 Å². The molecule has 0 aromatic carbocycles. The molecule has 0 saturated carbocycles. The van der Waals surface area contributed by atoms with Crippen LogP contribution in [0.3, 0.4) is 0 Å². The molecule has 1 aliphatic rings. The van der Waals surface area contributed by atoms with E-state index in [4.69, 9.17) is 11.5 Å². The fraction of sp³-hybridized carbons (Fsp3) is 0.714. The van der Waals surface area contributed by atoms with Gasteiger partial charge in [-0.3, -0.25) is 9.59 Å². The van der Waals surface area contributed by atoms with Crippen LogP contribution >= 0.6 is 0 Å². The van der Waals surface area contributed by atoms with E-state index in [1.54, 1.807) is 0 Å². The van der Waals surface area contributed by atoms with E-state index < -0.39 is 18.1 Å². The summed E-state index contributed by atoms with van der Waals surface area (Å²) in [6.07, 6.45) is -0.464. The van der Waals surface area contributed by atoms with Gasteiger partial charge in [-0.25, -0.2) is 0 Å². The number of hydrogen-bond donors (Lipinski definition) is 3. The molecule has 1 saturated heterocycles. The van der Waals surface area contributed by atoms with Crippen molar-refractivity contribution in [3.63, 3.8) is 0 Å². The first kappa shape index (κ1) is 9.94. The molecule has 0 aromatic rings. The second-order valence-corrected chi connectivity index (χ2v) is 3.06. The molecule has 1 rings (SSSR count). The summed E-state index contributed by atoms with van der Waals surface area (Å²) >= 11 is 0. The first-order valence-electron chi connectivity index (χ1n) is 4.03. The summed E-state index contributed by atoms with van der Waals surface area (Å²) < 4.78 is 0. The van der Waals surface area contributed by atoms with E-state index in [1.807, 2.05) is 0 Å². The molecule has 6 heteroatoms. The lowest BCUT2D eigenvalue weighted by Crippen LogP contribution is -2.46. The van der Waals surface area contributed by atoms with E-state index in [-0.39, 0.29) is 25.4 Å². The second-order valence-electron chi connectivity index (χ2n) is 3.06. The summed E-state index contributed by atoms with van der Waals surface area (Å²) in [5, 5.41) is 9.22. The number of primary amides is 1. The van der Waals surface area contributed by atoms with Gasteiger partial charge in [0.05, 0.1) is 12.6 Å². The van der Waals surface area contributed by atoms with Crippen LogP contribution in [0.15, 0.2) is 0 Å². The van der Waals surface area contributed by atoms with Crippen molar-refractivity contribution in [2.45, 2.75) is 18.6 Å². The van der Waals surface area contributed by atoms with E-state index in [0.717, 1.165) is 0 Å². The van der Waals surface area contributed by atoms with Crippen LogP contribution in [-0.4, -0.2) is 47.1 Å². The van der Waals surface area contributed by atoms with Crippen molar-refractivity contribution in [1.29, 1.82) is 0 Å².